The molecule has 0 saturated heterocycles. The van der Waals surface area contributed by atoms with Gasteiger partial charge in [-0.25, -0.2) is 4.79 Å². The van der Waals surface area contributed by atoms with Crippen molar-refractivity contribution in [2.24, 2.45) is 5.73 Å². The van der Waals surface area contributed by atoms with Gasteiger partial charge in [0.25, 0.3) is 0 Å². The first-order valence-electron chi connectivity index (χ1n) is 4.22. The summed E-state index contributed by atoms with van der Waals surface area (Å²) in [7, 11) is 0. The van der Waals surface area contributed by atoms with E-state index in [9.17, 15) is 4.79 Å². The molecular weight excluding hydrogens is 178 g/mol. The number of hydrogen-bond donors (Lipinski definition) is 1. The van der Waals surface area contributed by atoms with E-state index in [4.69, 9.17) is 10.2 Å². The van der Waals surface area contributed by atoms with Crippen molar-refractivity contribution < 1.29 is 4.42 Å². The lowest BCUT2D eigenvalue weighted by molar-refractivity contribution is 0.559. The molecule has 0 bridgehead atoms. The Kier molecular flexibility index (Phi) is 2.07. The molecule has 0 aliphatic carbocycles. The number of benzene rings is 1. The van der Waals surface area contributed by atoms with Crippen molar-refractivity contribution in [3.05, 3.63) is 52.5 Å². The smallest absolute Gasteiger partial charge is 0.343 e. The van der Waals surface area contributed by atoms with Crippen molar-refractivity contribution in [3.8, 4) is 0 Å². The quantitative estimate of drug-likeness (QED) is 0.691. The molecule has 0 amide bonds. The fraction of sp³-hybridized carbons (Fsp3) is 0. The van der Waals surface area contributed by atoms with E-state index in [1.807, 2.05) is 18.2 Å². The van der Waals surface area contributed by atoms with Gasteiger partial charge in [0.15, 0.2) is 0 Å². The first-order chi connectivity index (χ1) is 6.81. The average molecular weight is 187 g/mol. The molecule has 1 aromatic carbocycles. The third-order valence-corrected chi connectivity index (χ3v) is 1.94. The van der Waals surface area contributed by atoms with Crippen LogP contribution in [0.1, 0.15) is 5.56 Å². The van der Waals surface area contributed by atoms with E-state index in [0.717, 1.165) is 5.39 Å². The van der Waals surface area contributed by atoms with Crippen LogP contribution in [0.5, 0.6) is 0 Å². The molecule has 70 valence electrons. The van der Waals surface area contributed by atoms with Gasteiger partial charge in [-0.1, -0.05) is 18.2 Å². The second-order valence-electron chi connectivity index (χ2n) is 2.89. The van der Waals surface area contributed by atoms with Gasteiger partial charge in [-0.2, -0.15) is 0 Å². The van der Waals surface area contributed by atoms with E-state index in [0.29, 0.717) is 11.1 Å². The number of para-hydroxylation sites is 1. The highest BCUT2D eigenvalue weighted by Crippen LogP contribution is 2.12. The number of hydrogen-bond acceptors (Lipinski definition) is 3. The molecule has 2 rings (SSSR count). The second-order valence-corrected chi connectivity index (χ2v) is 2.89. The van der Waals surface area contributed by atoms with Crippen molar-refractivity contribution in [2.45, 2.75) is 0 Å². The topological polar surface area (TPSA) is 56.2 Å². The van der Waals surface area contributed by atoms with E-state index in [2.05, 4.69) is 0 Å². The fourth-order valence-corrected chi connectivity index (χ4v) is 1.30. The summed E-state index contributed by atoms with van der Waals surface area (Å²) in [5, 5.41) is 0.889. The maximum absolute atomic E-state index is 11.3. The predicted molar refractivity (Wildman–Crippen MR) is 55.7 cm³/mol. The second kappa shape index (κ2) is 3.38. The summed E-state index contributed by atoms with van der Waals surface area (Å²) >= 11 is 0. The van der Waals surface area contributed by atoms with Gasteiger partial charge < -0.3 is 10.2 Å². The molecule has 0 saturated carbocycles. The molecule has 0 radical (unpaired) electrons. The molecule has 0 fully saturated rings. The van der Waals surface area contributed by atoms with E-state index in [1.54, 1.807) is 12.1 Å². The molecule has 1 heterocycles. The maximum Gasteiger partial charge on any atom is 0.343 e. The first kappa shape index (κ1) is 8.56. The zero-order valence-electron chi connectivity index (χ0n) is 7.44. The molecule has 3 nitrogen and oxygen atoms in total. The molecule has 0 atom stereocenters. The van der Waals surface area contributed by atoms with E-state index >= 15 is 0 Å². The van der Waals surface area contributed by atoms with Crippen molar-refractivity contribution in [1.29, 1.82) is 0 Å². The lowest BCUT2D eigenvalue weighted by atomic mass is 10.2. The van der Waals surface area contributed by atoms with Gasteiger partial charge in [0.2, 0.25) is 0 Å². The molecule has 14 heavy (non-hydrogen) atoms. The number of fused-ring (bicyclic) bond motifs is 1. The summed E-state index contributed by atoms with van der Waals surface area (Å²) in [6.07, 6.45) is 2.85. The minimum absolute atomic E-state index is 0.370. The largest absolute Gasteiger partial charge is 0.422 e. The highest BCUT2D eigenvalue weighted by molar-refractivity contribution is 5.78. The zero-order chi connectivity index (χ0) is 9.97. The Morgan fingerprint density at radius 2 is 2.07 bits per heavy atom. The van der Waals surface area contributed by atoms with Gasteiger partial charge in [-0.05, 0) is 24.4 Å². The molecule has 1 aromatic heterocycles. The van der Waals surface area contributed by atoms with Crippen LogP contribution in [-0.4, -0.2) is 0 Å². The summed E-state index contributed by atoms with van der Waals surface area (Å²) < 4.78 is 5.08. The molecule has 0 aliphatic rings. The normalized spacial score (nSPS) is 11.1. The van der Waals surface area contributed by atoms with Gasteiger partial charge >= 0.3 is 5.63 Å². The molecule has 0 unspecified atom stereocenters. The summed E-state index contributed by atoms with van der Waals surface area (Å²) in [5.74, 6) is 0. The molecule has 0 spiro atoms. The highest BCUT2D eigenvalue weighted by Gasteiger charge is 2.00. The fourth-order valence-electron chi connectivity index (χ4n) is 1.30. The Morgan fingerprint density at radius 3 is 2.86 bits per heavy atom. The number of rotatable bonds is 1. The minimum Gasteiger partial charge on any atom is -0.422 e. The molecule has 3 heteroatoms. The van der Waals surface area contributed by atoms with Crippen LogP contribution in [0.3, 0.4) is 0 Å². The number of nitrogens with two attached hydrogens (primary N) is 1. The Labute approximate surface area is 80.5 Å². The van der Waals surface area contributed by atoms with Crippen molar-refractivity contribution in [3.63, 3.8) is 0 Å². The minimum atomic E-state index is -0.370. The van der Waals surface area contributed by atoms with Crippen LogP contribution in [0.15, 0.2) is 45.7 Å². The van der Waals surface area contributed by atoms with Crippen LogP contribution in [0.2, 0.25) is 0 Å². The molecule has 0 aliphatic heterocycles. The third kappa shape index (κ3) is 1.40. The van der Waals surface area contributed by atoms with Crippen LogP contribution >= 0.6 is 0 Å². The van der Waals surface area contributed by atoms with Crippen LogP contribution in [0.4, 0.5) is 0 Å². The van der Waals surface area contributed by atoms with Gasteiger partial charge in [-0.3, -0.25) is 0 Å². The lowest BCUT2D eigenvalue weighted by Crippen LogP contribution is -2.02. The van der Waals surface area contributed by atoms with Gasteiger partial charge in [-0.15, -0.1) is 0 Å². The Balaban J connectivity index is 2.77. The summed E-state index contributed by atoms with van der Waals surface area (Å²) in [5.41, 5.74) is 5.90. The lowest BCUT2D eigenvalue weighted by Gasteiger charge is -1.96. The molecular formula is C11H9NO2. The van der Waals surface area contributed by atoms with E-state index < -0.39 is 0 Å². The highest BCUT2D eigenvalue weighted by atomic mass is 16.4. The Morgan fingerprint density at radius 1 is 1.29 bits per heavy atom. The Hall–Kier alpha value is -2.03. The van der Waals surface area contributed by atoms with Crippen LogP contribution in [0, 0.1) is 0 Å². The predicted octanol–water partition coefficient (Wildman–Crippen LogP) is 1.72. The third-order valence-electron chi connectivity index (χ3n) is 1.94. The van der Waals surface area contributed by atoms with Gasteiger partial charge in [0.1, 0.15) is 5.58 Å². The monoisotopic (exact) mass is 187 g/mol. The summed E-state index contributed by atoms with van der Waals surface area (Å²) in [6, 6.07) is 9.10. The standard InChI is InChI=1S/C11H9NO2/c12-6-5-9-7-8-3-1-2-4-10(8)14-11(9)13/h1-7H,12H2. The van der Waals surface area contributed by atoms with Crippen LogP contribution < -0.4 is 11.4 Å². The van der Waals surface area contributed by atoms with Crippen molar-refractivity contribution in [2.75, 3.05) is 0 Å². The van der Waals surface area contributed by atoms with E-state index in [1.165, 1.54) is 12.3 Å². The van der Waals surface area contributed by atoms with Gasteiger partial charge in [0.05, 0.1) is 5.56 Å². The van der Waals surface area contributed by atoms with Crippen molar-refractivity contribution in [1.82, 2.24) is 0 Å². The summed E-state index contributed by atoms with van der Waals surface area (Å²) in [4.78, 5) is 11.3. The van der Waals surface area contributed by atoms with Crippen LogP contribution in [0.25, 0.3) is 17.0 Å². The van der Waals surface area contributed by atoms with Crippen molar-refractivity contribution >= 4 is 17.0 Å². The molecule has 2 aromatic rings. The molecule has 2 N–H and O–H groups in total. The Bertz CT molecular complexity index is 540. The maximum atomic E-state index is 11.3. The van der Waals surface area contributed by atoms with Gasteiger partial charge in [0, 0.05) is 5.39 Å². The summed E-state index contributed by atoms with van der Waals surface area (Å²) in [6.45, 7) is 0. The van der Waals surface area contributed by atoms with E-state index in [-0.39, 0.29) is 5.63 Å². The average Bonchev–Trinajstić information content (AvgIpc) is 2.19. The SMILES string of the molecule is NC=Cc1cc2ccccc2oc1=O. The first-order valence-corrected chi connectivity index (χ1v) is 4.22. The zero-order valence-corrected chi connectivity index (χ0v) is 7.44. The van der Waals surface area contributed by atoms with Crippen LogP contribution in [-0.2, 0) is 0 Å².